The van der Waals surface area contributed by atoms with Crippen LogP contribution in [-0.4, -0.2) is 55.6 Å². The van der Waals surface area contributed by atoms with Gasteiger partial charge in [0.05, 0.1) is 6.10 Å². The van der Waals surface area contributed by atoms with E-state index < -0.39 is 0 Å². The van der Waals surface area contributed by atoms with Crippen molar-refractivity contribution in [2.24, 2.45) is 16.8 Å². The third-order valence-corrected chi connectivity index (χ3v) is 6.95. The van der Waals surface area contributed by atoms with Crippen LogP contribution in [0.3, 0.4) is 0 Å². The van der Waals surface area contributed by atoms with Crippen molar-refractivity contribution in [2.45, 2.75) is 64.0 Å². The molecular weight excluding hydrogens is 515 g/mol. The molecule has 0 radical (unpaired) electrons. The van der Waals surface area contributed by atoms with Crippen molar-refractivity contribution in [3.63, 3.8) is 0 Å². The molecule has 0 bridgehead atoms. The molecule has 3 atom stereocenters. The Hall–Kier alpha value is -1.35. The molecule has 1 aliphatic carbocycles. The van der Waals surface area contributed by atoms with E-state index >= 15 is 0 Å². The van der Waals surface area contributed by atoms with E-state index in [1.807, 2.05) is 0 Å². The van der Waals surface area contributed by atoms with Crippen LogP contribution in [0.4, 0.5) is 0 Å². The van der Waals surface area contributed by atoms with E-state index in [2.05, 4.69) is 52.8 Å². The highest BCUT2D eigenvalue weighted by Gasteiger charge is 2.33. The quantitative estimate of drug-likeness (QED) is 0.316. The van der Waals surface area contributed by atoms with Gasteiger partial charge < -0.3 is 20.3 Å². The highest BCUT2D eigenvalue weighted by atomic mass is 127. The molecule has 3 aliphatic rings. The Morgan fingerprint density at radius 2 is 1.91 bits per heavy atom. The summed E-state index contributed by atoms with van der Waals surface area (Å²) in [7, 11) is 0. The first-order valence-electron chi connectivity index (χ1n) is 12.2. The van der Waals surface area contributed by atoms with E-state index in [9.17, 15) is 4.79 Å². The van der Waals surface area contributed by atoms with E-state index in [0.29, 0.717) is 11.8 Å². The molecule has 1 amide bonds. The van der Waals surface area contributed by atoms with Crippen LogP contribution in [0.5, 0.6) is 0 Å². The summed E-state index contributed by atoms with van der Waals surface area (Å²) in [6.07, 6.45) is 7.89. The molecule has 0 aromatic heterocycles. The number of aliphatic imine (C=N–C) groups is 1. The average molecular weight is 555 g/mol. The Labute approximate surface area is 210 Å². The number of nitrogens with one attached hydrogen (secondary N) is 2. The van der Waals surface area contributed by atoms with Crippen LogP contribution < -0.4 is 10.6 Å². The van der Waals surface area contributed by atoms with Crippen molar-refractivity contribution in [3.8, 4) is 0 Å². The fourth-order valence-electron chi connectivity index (χ4n) is 5.27. The van der Waals surface area contributed by atoms with Crippen LogP contribution in [-0.2, 0) is 9.53 Å². The number of benzene rings is 1. The molecule has 1 aromatic rings. The van der Waals surface area contributed by atoms with Gasteiger partial charge in [-0.3, -0.25) is 9.79 Å². The summed E-state index contributed by atoms with van der Waals surface area (Å²) in [6, 6.07) is 10.8. The van der Waals surface area contributed by atoms with Crippen molar-refractivity contribution in [2.75, 3.05) is 32.8 Å². The van der Waals surface area contributed by atoms with Gasteiger partial charge in [0.1, 0.15) is 0 Å². The number of carbonyl (C=O) groups excluding carboxylic acids is 1. The molecule has 3 fully saturated rings. The first-order chi connectivity index (χ1) is 15.2. The van der Waals surface area contributed by atoms with Crippen LogP contribution in [0.1, 0.15) is 63.5 Å². The highest BCUT2D eigenvalue weighted by molar-refractivity contribution is 14.0. The monoisotopic (exact) mass is 554 g/mol. The van der Waals surface area contributed by atoms with Crippen LogP contribution in [0.15, 0.2) is 35.3 Å². The second-order valence-corrected chi connectivity index (χ2v) is 9.22. The largest absolute Gasteiger partial charge is 0.373 e. The van der Waals surface area contributed by atoms with Gasteiger partial charge in [0.15, 0.2) is 5.96 Å². The number of likely N-dealkylation sites (tertiary alicyclic amines) is 1. The van der Waals surface area contributed by atoms with Crippen molar-refractivity contribution in [3.05, 3.63) is 35.9 Å². The fraction of sp³-hybridized carbons (Fsp3) is 0.680. The van der Waals surface area contributed by atoms with E-state index in [-0.39, 0.29) is 42.0 Å². The number of carbonyl (C=O) groups is 1. The predicted octanol–water partition coefficient (Wildman–Crippen LogP) is 4.12. The minimum absolute atomic E-state index is 0. The van der Waals surface area contributed by atoms with Gasteiger partial charge in [-0.2, -0.15) is 0 Å². The summed E-state index contributed by atoms with van der Waals surface area (Å²) in [6.45, 7) is 6.14. The normalized spacial score (nSPS) is 26.6. The molecule has 3 unspecified atom stereocenters. The van der Waals surface area contributed by atoms with E-state index in [1.165, 1.54) is 18.4 Å². The molecule has 2 aliphatic heterocycles. The van der Waals surface area contributed by atoms with Crippen molar-refractivity contribution in [1.82, 2.24) is 15.5 Å². The van der Waals surface area contributed by atoms with Gasteiger partial charge in [-0.05, 0) is 44.6 Å². The third-order valence-electron chi connectivity index (χ3n) is 6.95. The SMILES string of the molecule is CCNC(=NCC1CCCOC1c1ccccc1)NC1CCN(C(=O)C2CCCC2)C1.I. The maximum absolute atomic E-state index is 12.7. The maximum atomic E-state index is 12.7. The number of amides is 1. The summed E-state index contributed by atoms with van der Waals surface area (Å²) >= 11 is 0. The van der Waals surface area contributed by atoms with Gasteiger partial charge in [0.25, 0.3) is 0 Å². The number of hydrogen-bond donors (Lipinski definition) is 2. The summed E-state index contributed by atoms with van der Waals surface area (Å²) in [5.41, 5.74) is 1.25. The number of rotatable bonds is 6. The average Bonchev–Trinajstić information content (AvgIpc) is 3.51. The minimum Gasteiger partial charge on any atom is -0.373 e. The predicted molar refractivity (Wildman–Crippen MR) is 139 cm³/mol. The zero-order valence-corrected chi connectivity index (χ0v) is 21.6. The zero-order chi connectivity index (χ0) is 21.5. The molecule has 178 valence electrons. The van der Waals surface area contributed by atoms with Crippen LogP contribution in [0.25, 0.3) is 0 Å². The molecule has 6 nitrogen and oxygen atoms in total. The molecule has 32 heavy (non-hydrogen) atoms. The lowest BCUT2D eigenvalue weighted by atomic mass is 9.89. The third kappa shape index (κ3) is 6.59. The van der Waals surface area contributed by atoms with Crippen molar-refractivity contribution >= 4 is 35.8 Å². The van der Waals surface area contributed by atoms with E-state index in [1.54, 1.807) is 0 Å². The minimum atomic E-state index is 0. The standard InChI is InChI=1S/C25H38N4O2.HI/c1-2-26-25(28-22-14-15-29(18-22)24(30)20-11-6-7-12-20)27-17-21-13-8-16-31-23(21)19-9-4-3-5-10-19;/h3-5,9-10,20-23H,2,6-8,11-18H2,1H3,(H2,26,27,28);1H. The van der Waals surface area contributed by atoms with Gasteiger partial charge >= 0.3 is 0 Å². The second kappa shape index (κ2) is 12.8. The topological polar surface area (TPSA) is 66.0 Å². The lowest BCUT2D eigenvalue weighted by Gasteiger charge is -2.31. The lowest BCUT2D eigenvalue weighted by Crippen LogP contribution is -2.45. The van der Waals surface area contributed by atoms with Crippen LogP contribution in [0.2, 0.25) is 0 Å². The number of nitrogens with zero attached hydrogens (tertiary/aromatic N) is 2. The Bertz CT molecular complexity index is 739. The van der Waals surface area contributed by atoms with Gasteiger partial charge in [-0.15, -0.1) is 24.0 Å². The number of guanidine groups is 1. The lowest BCUT2D eigenvalue weighted by molar-refractivity contribution is -0.134. The Kier molecular flexibility index (Phi) is 10.1. The molecule has 2 heterocycles. The number of hydrogen-bond acceptors (Lipinski definition) is 3. The molecule has 2 saturated heterocycles. The summed E-state index contributed by atoms with van der Waals surface area (Å²) in [5.74, 6) is 1.88. The van der Waals surface area contributed by atoms with Gasteiger partial charge in [0, 0.05) is 50.7 Å². The molecule has 1 aromatic carbocycles. The summed E-state index contributed by atoms with van der Waals surface area (Å²) in [5, 5.41) is 6.99. The van der Waals surface area contributed by atoms with Gasteiger partial charge in [-0.1, -0.05) is 43.2 Å². The first-order valence-corrected chi connectivity index (χ1v) is 12.2. The summed E-state index contributed by atoms with van der Waals surface area (Å²) < 4.78 is 6.14. The zero-order valence-electron chi connectivity index (χ0n) is 19.3. The summed E-state index contributed by atoms with van der Waals surface area (Å²) in [4.78, 5) is 19.7. The molecule has 2 N–H and O–H groups in total. The Balaban J connectivity index is 0.00000289. The van der Waals surface area contributed by atoms with Crippen molar-refractivity contribution in [1.29, 1.82) is 0 Å². The Morgan fingerprint density at radius 3 is 2.66 bits per heavy atom. The van der Waals surface area contributed by atoms with Crippen molar-refractivity contribution < 1.29 is 9.53 Å². The number of halogens is 1. The van der Waals surface area contributed by atoms with Gasteiger partial charge in [0.2, 0.25) is 5.91 Å². The molecule has 7 heteroatoms. The van der Waals surface area contributed by atoms with E-state index in [0.717, 1.165) is 70.8 Å². The highest BCUT2D eigenvalue weighted by Crippen LogP contribution is 2.33. The van der Waals surface area contributed by atoms with E-state index in [4.69, 9.17) is 9.73 Å². The van der Waals surface area contributed by atoms with Crippen LogP contribution >= 0.6 is 24.0 Å². The second-order valence-electron chi connectivity index (χ2n) is 9.22. The molecule has 0 spiro atoms. The number of ether oxygens (including phenoxy) is 1. The van der Waals surface area contributed by atoms with Gasteiger partial charge in [-0.25, -0.2) is 0 Å². The fourth-order valence-corrected chi connectivity index (χ4v) is 5.27. The van der Waals surface area contributed by atoms with Crippen LogP contribution in [0, 0.1) is 11.8 Å². The first kappa shape index (κ1) is 25.3. The Morgan fingerprint density at radius 1 is 1.12 bits per heavy atom. The molecular formula is C25H39IN4O2. The molecule has 1 saturated carbocycles. The smallest absolute Gasteiger partial charge is 0.225 e. The molecule has 4 rings (SSSR count). The maximum Gasteiger partial charge on any atom is 0.225 e.